The van der Waals surface area contributed by atoms with E-state index < -0.39 is 11.8 Å². The summed E-state index contributed by atoms with van der Waals surface area (Å²) in [5, 5.41) is 2.55. The average molecular weight is 396 g/mol. The molecule has 1 N–H and O–H groups in total. The maximum absolute atomic E-state index is 13.6. The van der Waals surface area contributed by atoms with Gasteiger partial charge in [-0.3, -0.25) is 19.8 Å². The predicted molar refractivity (Wildman–Crippen MR) is 108 cm³/mol. The minimum atomic E-state index is -0.546. The van der Waals surface area contributed by atoms with Crippen molar-refractivity contribution in [2.45, 2.75) is 6.61 Å². The van der Waals surface area contributed by atoms with Crippen molar-refractivity contribution in [2.75, 3.05) is 6.54 Å². The van der Waals surface area contributed by atoms with Crippen LogP contribution in [0.5, 0.6) is 5.75 Å². The fourth-order valence-electron chi connectivity index (χ4n) is 2.59. The van der Waals surface area contributed by atoms with Crippen molar-refractivity contribution in [1.82, 2.24) is 10.2 Å². The lowest BCUT2D eigenvalue weighted by molar-refractivity contribution is -0.128. The van der Waals surface area contributed by atoms with Gasteiger partial charge in [0.15, 0.2) is 5.11 Å². The standard InChI is InChI=1S/C21H17FN2O3S/c1-2-11-24-20(26)17(19(25)23-21(24)28)12-14-7-9-16(10-8-14)27-13-15-5-3-4-6-18(15)22/h2-10,12H,1,11,13H2,(H,23,25,28)/b17-12-. The van der Waals surface area contributed by atoms with E-state index in [-0.39, 0.29) is 29.7 Å². The molecule has 0 spiro atoms. The maximum Gasteiger partial charge on any atom is 0.265 e. The Kier molecular flexibility index (Phi) is 5.96. The molecule has 0 aliphatic carbocycles. The SMILES string of the molecule is C=CCN1C(=O)/C(=C\c2ccc(OCc3ccccc3F)cc2)C(=O)NC1=S. The first kappa shape index (κ1) is 19.4. The van der Waals surface area contributed by atoms with E-state index in [4.69, 9.17) is 17.0 Å². The van der Waals surface area contributed by atoms with Gasteiger partial charge in [-0.1, -0.05) is 36.4 Å². The molecule has 0 aromatic heterocycles. The number of nitrogens with zero attached hydrogens (tertiary/aromatic N) is 1. The van der Waals surface area contributed by atoms with Crippen LogP contribution in [0.4, 0.5) is 4.39 Å². The number of thiocarbonyl (C=S) groups is 1. The molecule has 0 saturated carbocycles. The van der Waals surface area contributed by atoms with E-state index in [1.807, 2.05) is 0 Å². The van der Waals surface area contributed by atoms with Gasteiger partial charge in [0.1, 0.15) is 23.7 Å². The van der Waals surface area contributed by atoms with Crippen molar-refractivity contribution >= 4 is 35.2 Å². The van der Waals surface area contributed by atoms with Crippen LogP contribution in [0.3, 0.4) is 0 Å². The van der Waals surface area contributed by atoms with Gasteiger partial charge in [0.25, 0.3) is 11.8 Å². The summed E-state index contributed by atoms with van der Waals surface area (Å²) in [6.07, 6.45) is 3.01. The number of rotatable bonds is 6. The smallest absolute Gasteiger partial charge is 0.265 e. The van der Waals surface area contributed by atoms with Crippen LogP contribution < -0.4 is 10.1 Å². The third kappa shape index (κ3) is 4.32. The van der Waals surface area contributed by atoms with Crippen LogP contribution in [-0.2, 0) is 16.2 Å². The van der Waals surface area contributed by atoms with E-state index in [0.717, 1.165) is 0 Å². The Morgan fingerprint density at radius 3 is 2.54 bits per heavy atom. The zero-order valence-electron chi connectivity index (χ0n) is 14.9. The number of hydrogen-bond donors (Lipinski definition) is 1. The maximum atomic E-state index is 13.6. The number of carbonyl (C=O) groups excluding carboxylic acids is 2. The largest absolute Gasteiger partial charge is 0.489 e. The average Bonchev–Trinajstić information content (AvgIpc) is 2.69. The first-order chi connectivity index (χ1) is 13.5. The first-order valence-electron chi connectivity index (χ1n) is 8.45. The number of benzene rings is 2. The van der Waals surface area contributed by atoms with Gasteiger partial charge < -0.3 is 4.74 Å². The molecule has 2 amide bonds. The van der Waals surface area contributed by atoms with Crippen molar-refractivity contribution in [3.63, 3.8) is 0 Å². The molecule has 1 aliphatic rings. The topological polar surface area (TPSA) is 58.6 Å². The van der Waals surface area contributed by atoms with Crippen LogP contribution >= 0.6 is 12.2 Å². The molecule has 1 aliphatic heterocycles. The van der Waals surface area contributed by atoms with Gasteiger partial charge in [0, 0.05) is 12.1 Å². The highest BCUT2D eigenvalue weighted by Gasteiger charge is 2.32. The number of amides is 2. The Bertz CT molecular complexity index is 970. The quantitative estimate of drug-likeness (QED) is 0.353. The van der Waals surface area contributed by atoms with Crippen LogP contribution in [0.2, 0.25) is 0 Å². The normalized spacial score (nSPS) is 15.5. The molecule has 0 unspecified atom stereocenters. The molecular weight excluding hydrogens is 379 g/mol. The molecule has 2 aromatic rings. The van der Waals surface area contributed by atoms with Crippen LogP contribution in [-0.4, -0.2) is 28.4 Å². The number of hydrogen-bond acceptors (Lipinski definition) is 4. The van der Waals surface area contributed by atoms with Gasteiger partial charge in [0.05, 0.1) is 0 Å². The molecule has 2 aromatic carbocycles. The fraction of sp³-hybridized carbons (Fsp3) is 0.0952. The Balaban J connectivity index is 1.73. The Hall–Kier alpha value is -3.32. The highest BCUT2D eigenvalue weighted by molar-refractivity contribution is 7.80. The van der Waals surface area contributed by atoms with Crippen molar-refractivity contribution < 1.29 is 18.7 Å². The molecular formula is C21H17FN2O3S. The summed E-state index contributed by atoms with van der Waals surface area (Å²) in [7, 11) is 0. The predicted octanol–water partition coefficient (Wildman–Crippen LogP) is 3.22. The van der Waals surface area contributed by atoms with E-state index in [1.54, 1.807) is 42.5 Å². The van der Waals surface area contributed by atoms with Gasteiger partial charge in [0.2, 0.25) is 0 Å². The van der Waals surface area contributed by atoms with E-state index in [2.05, 4.69) is 11.9 Å². The minimum Gasteiger partial charge on any atom is -0.489 e. The number of nitrogens with one attached hydrogen (secondary N) is 1. The summed E-state index contributed by atoms with van der Waals surface area (Å²) in [4.78, 5) is 25.9. The lowest BCUT2D eigenvalue weighted by Crippen LogP contribution is -2.53. The van der Waals surface area contributed by atoms with E-state index >= 15 is 0 Å². The summed E-state index contributed by atoms with van der Waals surface area (Å²) >= 11 is 5.01. The molecule has 3 rings (SSSR count). The second-order valence-electron chi connectivity index (χ2n) is 5.97. The molecule has 0 atom stereocenters. The Morgan fingerprint density at radius 1 is 1.14 bits per heavy atom. The molecule has 142 valence electrons. The third-order valence-corrected chi connectivity index (χ3v) is 4.36. The fourth-order valence-corrected chi connectivity index (χ4v) is 2.84. The zero-order valence-corrected chi connectivity index (χ0v) is 15.7. The number of ether oxygens (including phenoxy) is 1. The first-order valence-corrected chi connectivity index (χ1v) is 8.86. The van der Waals surface area contributed by atoms with Gasteiger partial charge in [-0.2, -0.15) is 0 Å². The lowest BCUT2D eigenvalue weighted by Gasteiger charge is -2.27. The van der Waals surface area contributed by atoms with Crippen molar-refractivity contribution in [2.24, 2.45) is 0 Å². The highest BCUT2D eigenvalue weighted by atomic mass is 32.1. The molecule has 0 bridgehead atoms. The summed E-state index contributed by atoms with van der Waals surface area (Å²) in [5.41, 5.74) is 1.08. The minimum absolute atomic E-state index is 0.0181. The Labute approximate surface area is 167 Å². The van der Waals surface area contributed by atoms with Gasteiger partial charge in [-0.05, 0) is 42.1 Å². The Morgan fingerprint density at radius 2 is 1.86 bits per heavy atom. The van der Waals surface area contributed by atoms with E-state index in [1.165, 1.54) is 23.1 Å². The zero-order chi connectivity index (χ0) is 20.1. The third-order valence-electron chi connectivity index (χ3n) is 4.04. The molecule has 1 heterocycles. The van der Waals surface area contributed by atoms with Crippen LogP contribution in [0.15, 0.2) is 66.8 Å². The van der Waals surface area contributed by atoms with Gasteiger partial charge >= 0.3 is 0 Å². The molecule has 0 radical (unpaired) electrons. The van der Waals surface area contributed by atoms with Crippen molar-refractivity contribution in [3.05, 3.63) is 83.7 Å². The van der Waals surface area contributed by atoms with Gasteiger partial charge in [-0.15, -0.1) is 6.58 Å². The van der Waals surface area contributed by atoms with Gasteiger partial charge in [-0.25, -0.2) is 4.39 Å². The molecule has 7 heteroatoms. The highest BCUT2D eigenvalue weighted by Crippen LogP contribution is 2.19. The molecule has 1 saturated heterocycles. The molecule has 1 fully saturated rings. The second-order valence-corrected chi connectivity index (χ2v) is 6.36. The van der Waals surface area contributed by atoms with Crippen molar-refractivity contribution in [3.8, 4) is 5.75 Å². The summed E-state index contributed by atoms with van der Waals surface area (Å²) in [5.74, 6) is -0.810. The van der Waals surface area contributed by atoms with Crippen LogP contribution in [0, 0.1) is 5.82 Å². The molecule has 5 nitrogen and oxygen atoms in total. The second kappa shape index (κ2) is 8.58. The number of carbonyl (C=O) groups is 2. The monoisotopic (exact) mass is 396 g/mol. The molecule has 28 heavy (non-hydrogen) atoms. The van der Waals surface area contributed by atoms with Crippen LogP contribution in [0.1, 0.15) is 11.1 Å². The summed E-state index contributed by atoms with van der Waals surface area (Å²) < 4.78 is 19.2. The number of halogens is 1. The van der Waals surface area contributed by atoms with Crippen LogP contribution in [0.25, 0.3) is 6.08 Å². The summed E-state index contributed by atoms with van der Waals surface area (Å²) in [6, 6.07) is 13.2. The summed E-state index contributed by atoms with van der Waals surface area (Å²) in [6.45, 7) is 3.89. The van der Waals surface area contributed by atoms with Crippen molar-refractivity contribution in [1.29, 1.82) is 0 Å². The lowest BCUT2D eigenvalue weighted by atomic mass is 10.1. The van der Waals surface area contributed by atoms with E-state index in [0.29, 0.717) is 16.9 Å². The van der Waals surface area contributed by atoms with E-state index in [9.17, 15) is 14.0 Å².